The van der Waals surface area contributed by atoms with Crippen LogP contribution in [0.5, 0.6) is 0 Å². The van der Waals surface area contributed by atoms with Gasteiger partial charge in [-0.05, 0) is 56.8 Å². The summed E-state index contributed by atoms with van der Waals surface area (Å²) in [4.78, 5) is 0. The predicted molar refractivity (Wildman–Crippen MR) is 88.6 cm³/mol. The van der Waals surface area contributed by atoms with Crippen LogP contribution < -0.4 is 5.73 Å². The molecule has 3 aliphatic carbocycles. The summed E-state index contributed by atoms with van der Waals surface area (Å²) in [7, 11) is 0. The van der Waals surface area contributed by atoms with Crippen molar-refractivity contribution in [1.29, 1.82) is 0 Å². The van der Waals surface area contributed by atoms with Gasteiger partial charge in [0.15, 0.2) is 0 Å². The number of hydrogen-bond acceptors (Lipinski definition) is 2. The van der Waals surface area contributed by atoms with E-state index in [1.807, 2.05) is 0 Å². The third-order valence-electron chi connectivity index (χ3n) is 6.58. The van der Waals surface area contributed by atoms with Crippen molar-refractivity contribution in [2.24, 2.45) is 23.5 Å². The molecular weight excluding hydrogens is 315 g/mol. The first-order valence-corrected chi connectivity index (χ1v) is 9.89. The maximum atomic E-state index is 13.0. The summed E-state index contributed by atoms with van der Waals surface area (Å²) in [6, 6.07) is -0.381. The Morgan fingerprint density at radius 2 is 1.33 bits per heavy atom. The molecule has 24 heavy (non-hydrogen) atoms. The molecule has 2 N–H and O–H groups in total. The third kappa shape index (κ3) is 4.87. The van der Waals surface area contributed by atoms with E-state index in [4.69, 9.17) is 10.5 Å². The first-order valence-electron chi connectivity index (χ1n) is 9.89. The van der Waals surface area contributed by atoms with Gasteiger partial charge in [0.1, 0.15) is 0 Å². The highest BCUT2D eigenvalue weighted by atomic mass is 19.4. The maximum Gasteiger partial charge on any atom is 0.391 e. The van der Waals surface area contributed by atoms with Gasteiger partial charge in [-0.3, -0.25) is 0 Å². The Labute approximate surface area is 143 Å². The number of halogens is 3. The molecule has 2 nitrogen and oxygen atoms in total. The van der Waals surface area contributed by atoms with Crippen molar-refractivity contribution in [1.82, 2.24) is 0 Å². The Hall–Kier alpha value is -0.290. The van der Waals surface area contributed by atoms with Crippen LogP contribution in [0.4, 0.5) is 13.2 Å². The average molecular weight is 347 g/mol. The number of alkyl halides is 3. The lowest BCUT2D eigenvalue weighted by molar-refractivity contribution is -0.198. The van der Waals surface area contributed by atoms with Crippen LogP contribution in [0.2, 0.25) is 0 Å². The van der Waals surface area contributed by atoms with Gasteiger partial charge in [-0.2, -0.15) is 13.2 Å². The lowest BCUT2D eigenvalue weighted by atomic mass is 9.73. The van der Waals surface area contributed by atoms with Crippen molar-refractivity contribution in [3.8, 4) is 0 Å². The van der Waals surface area contributed by atoms with Crippen LogP contribution in [0.25, 0.3) is 0 Å². The summed E-state index contributed by atoms with van der Waals surface area (Å²) >= 11 is 0. The minimum Gasteiger partial charge on any atom is -0.375 e. The van der Waals surface area contributed by atoms with Crippen LogP contribution >= 0.6 is 0 Å². The molecule has 5 heteroatoms. The van der Waals surface area contributed by atoms with Crippen LogP contribution in [0.15, 0.2) is 0 Å². The Morgan fingerprint density at radius 1 is 0.708 bits per heavy atom. The molecule has 0 heterocycles. The van der Waals surface area contributed by atoms with Crippen LogP contribution in [-0.2, 0) is 4.74 Å². The molecule has 0 spiro atoms. The highest BCUT2D eigenvalue weighted by Crippen LogP contribution is 2.41. The van der Waals surface area contributed by atoms with E-state index in [1.54, 1.807) is 0 Å². The van der Waals surface area contributed by atoms with Crippen molar-refractivity contribution in [2.45, 2.75) is 101 Å². The van der Waals surface area contributed by atoms with Gasteiger partial charge in [-0.25, -0.2) is 0 Å². The van der Waals surface area contributed by atoms with Crippen molar-refractivity contribution in [3.63, 3.8) is 0 Å². The molecule has 3 rings (SSSR count). The molecular formula is C19H32F3NO. The minimum absolute atomic E-state index is 0.0534. The van der Waals surface area contributed by atoms with E-state index in [1.165, 1.54) is 44.9 Å². The Balaban J connectivity index is 1.45. The molecule has 3 unspecified atom stereocenters. The largest absolute Gasteiger partial charge is 0.391 e. The summed E-state index contributed by atoms with van der Waals surface area (Å²) in [5.41, 5.74) is 5.86. The monoisotopic (exact) mass is 347 g/mol. The van der Waals surface area contributed by atoms with E-state index in [-0.39, 0.29) is 31.1 Å². The average Bonchev–Trinajstić information content (AvgIpc) is 2.55. The zero-order valence-electron chi connectivity index (χ0n) is 14.6. The molecule has 0 aliphatic heterocycles. The number of hydrogen-bond donors (Lipinski definition) is 1. The fraction of sp³-hybridized carbons (Fsp3) is 1.00. The van der Waals surface area contributed by atoms with Gasteiger partial charge in [0.05, 0.1) is 18.1 Å². The summed E-state index contributed by atoms with van der Waals surface area (Å²) in [6.45, 7) is 0. The summed E-state index contributed by atoms with van der Waals surface area (Å²) in [5.74, 6) is 0.420. The van der Waals surface area contributed by atoms with Gasteiger partial charge in [-0.1, -0.05) is 32.1 Å². The van der Waals surface area contributed by atoms with E-state index < -0.39 is 12.1 Å². The molecule has 140 valence electrons. The van der Waals surface area contributed by atoms with Gasteiger partial charge in [0, 0.05) is 6.04 Å². The van der Waals surface area contributed by atoms with E-state index in [9.17, 15) is 13.2 Å². The lowest BCUT2D eigenvalue weighted by Crippen LogP contribution is -2.43. The predicted octanol–water partition coefficient (Wildman–Crippen LogP) is 5.20. The van der Waals surface area contributed by atoms with E-state index in [0.29, 0.717) is 6.42 Å². The zero-order valence-corrected chi connectivity index (χ0v) is 14.6. The SMILES string of the molecule is NC1CC(OC2CCC(C3CCCCC3)CC2)CC(C(F)(F)F)C1. The lowest BCUT2D eigenvalue weighted by Gasteiger charge is -2.39. The maximum absolute atomic E-state index is 13.0. The molecule has 0 radical (unpaired) electrons. The van der Waals surface area contributed by atoms with Gasteiger partial charge in [0.2, 0.25) is 0 Å². The molecule has 3 aliphatic rings. The molecule has 0 saturated heterocycles. The highest BCUT2D eigenvalue weighted by Gasteiger charge is 2.45. The summed E-state index contributed by atoms with van der Waals surface area (Å²) in [5, 5.41) is 0. The minimum atomic E-state index is -4.14. The molecule has 0 aromatic carbocycles. The fourth-order valence-corrected chi connectivity index (χ4v) is 5.26. The van der Waals surface area contributed by atoms with E-state index in [0.717, 1.165) is 24.7 Å². The topological polar surface area (TPSA) is 35.2 Å². The number of ether oxygens (including phenoxy) is 1. The van der Waals surface area contributed by atoms with Gasteiger partial charge in [-0.15, -0.1) is 0 Å². The van der Waals surface area contributed by atoms with Crippen molar-refractivity contribution >= 4 is 0 Å². The molecule has 3 fully saturated rings. The fourth-order valence-electron chi connectivity index (χ4n) is 5.26. The first kappa shape index (κ1) is 18.5. The molecule has 3 saturated carbocycles. The van der Waals surface area contributed by atoms with Crippen molar-refractivity contribution in [3.05, 3.63) is 0 Å². The normalized spacial score (nSPS) is 39.8. The summed E-state index contributed by atoms with van der Waals surface area (Å²) < 4.78 is 45.1. The van der Waals surface area contributed by atoms with Crippen LogP contribution in [0.3, 0.4) is 0 Å². The second-order valence-electron chi connectivity index (χ2n) is 8.40. The molecule has 0 bridgehead atoms. The molecule has 3 atom stereocenters. The Morgan fingerprint density at radius 3 is 1.96 bits per heavy atom. The van der Waals surface area contributed by atoms with Crippen molar-refractivity contribution < 1.29 is 17.9 Å². The molecule has 0 aromatic rings. The first-order chi connectivity index (χ1) is 11.4. The van der Waals surface area contributed by atoms with E-state index in [2.05, 4.69) is 0 Å². The number of nitrogens with two attached hydrogens (primary N) is 1. The number of rotatable bonds is 3. The van der Waals surface area contributed by atoms with Crippen LogP contribution in [-0.4, -0.2) is 24.4 Å². The van der Waals surface area contributed by atoms with Gasteiger partial charge in [0.25, 0.3) is 0 Å². The van der Waals surface area contributed by atoms with E-state index >= 15 is 0 Å². The van der Waals surface area contributed by atoms with Gasteiger partial charge < -0.3 is 10.5 Å². The van der Waals surface area contributed by atoms with Crippen LogP contribution in [0, 0.1) is 17.8 Å². The van der Waals surface area contributed by atoms with Crippen LogP contribution in [0.1, 0.15) is 77.0 Å². The van der Waals surface area contributed by atoms with Gasteiger partial charge >= 0.3 is 6.18 Å². The van der Waals surface area contributed by atoms with Crippen molar-refractivity contribution in [2.75, 3.05) is 0 Å². The second-order valence-corrected chi connectivity index (χ2v) is 8.40. The standard InChI is InChI=1S/C19H32F3NO/c20-19(21,22)15-10-16(23)12-18(11-15)24-17-8-6-14(7-9-17)13-4-2-1-3-5-13/h13-18H,1-12,23H2. The smallest absolute Gasteiger partial charge is 0.375 e. The third-order valence-corrected chi connectivity index (χ3v) is 6.58. The Kier molecular flexibility index (Phi) is 6.12. The zero-order chi connectivity index (χ0) is 17.2. The highest BCUT2D eigenvalue weighted by molar-refractivity contribution is 4.87. The molecule has 0 aromatic heterocycles. The quantitative estimate of drug-likeness (QED) is 0.761. The Bertz CT molecular complexity index is 387. The second kappa shape index (κ2) is 7.94. The molecule has 0 amide bonds. The summed E-state index contributed by atoms with van der Waals surface area (Å²) in [6.07, 6.45) is 7.73.